The smallest absolute Gasteiger partial charge is 0.287 e. The van der Waals surface area contributed by atoms with E-state index in [1.807, 2.05) is 28.8 Å². The minimum absolute atomic E-state index is 0.235. The number of furan rings is 1. The number of amides is 1. The van der Waals surface area contributed by atoms with Crippen LogP contribution in [0.5, 0.6) is 11.5 Å². The SMILES string of the molecule is C=CCn1c(CNC(=O)c2ccco2)nnc1SCCOc1ccccc1OC. The Morgan fingerprint density at radius 2 is 2.10 bits per heavy atom. The first-order valence-corrected chi connectivity index (χ1v) is 9.94. The molecule has 1 amide bonds. The maximum atomic E-state index is 12.0. The number of aromatic nitrogens is 3. The summed E-state index contributed by atoms with van der Waals surface area (Å²) in [5.41, 5.74) is 0. The molecule has 3 rings (SSSR count). The zero-order chi connectivity index (χ0) is 20.5. The van der Waals surface area contributed by atoms with Gasteiger partial charge in [-0.1, -0.05) is 30.0 Å². The quantitative estimate of drug-likeness (QED) is 0.293. The van der Waals surface area contributed by atoms with Gasteiger partial charge in [0.1, 0.15) is 0 Å². The second-order valence-electron chi connectivity index (χ2n) is 5.81. The summed E-state index contributed by atoms with van der Waals surface area (Å²) in [4.78, 5) is 12.0. The maximum absolute atomic E-state index is 12.0. The van der Waals surface area contributed by atoms with Crippen molar-refractivity contribution in [1.82, 2.24) is 20.1 Å². The van der Waals surface area contributed by atoms with Gasteiger partial charge in [-0.15, -0.1) is 16.8 Å². The van der Waals surface area contributed by atoms with E-state index >= 15 is 0 Å². The van der Waals surface area contributed by atoms with E-state index in [1.165, 1.54) is 18.0 Å². The lowest BCUT2D eigenvalue weighted by Gasteiger charge is -2.10. The molecule has 0 spiro atoms. The van der Waals surface area contributed by atoms with Crippen molar-refractivity contribution in [1.29, 1.82) is 0 Å². The molecule has 1 aromatic carbocycles. The van der Waals surface area contributed by atoms with Crippen molar-refractivity contribution in [3.05, 3.63) is 66.9 Å². The first-order chi connectivity index (χ1) is 14.2. The fourth-order valence-electron chi connectivity index (χ4n) is 2.55. The molecular weight excluding hydrogens is 392 g/mol. The van der Waals surface area contributed by atoms with Gasteiger partial charge in [-0.2, -0.15) is 0 Å². The van der Waals surface area contributed by atoms with Gasteiger partial charge >= 0.3 is 0 Å². The van der Waals surface area contributed by atoms with Crippen LogP contribution in [0.3, 0.4) is 0 Å². The highest BCUT2D eigenvalue weighted by Crippen LogP contribution is 2.26. The predicted octanol–water partition coefficient (Wildman–Crippen LogP) is 3.17. The molecule has 0 radical (unpaired) electrons. The van der Waals surface area contributed by atoms with E-state index in [9.17, 15) is 4.79 Å². The zero-order valence-electron chi connectivity index (χ0n) is 16.0. The standard InChI is InChI=1S/C20H22N4O4S/c1-3-10-24-18(14-21-19(25)17-9-6-11-27-17)22-23-20(24)29-13-12-28-16-8-5-4-7-15(16)26-2/h3-9,11H,1,10,12-14H2,2H3,(H,21,25). The first-order valence-electron chi connectivity index (χ1n) is 8.96. The van der Waals surface area contributed by atoms with Gasteiger partial charge < -0.3 is 23.8 Å². The summed E-state index contributed by atoms with van der Waals surface area (Å²) in [6.07, 6.45) is 3.22. The van der Waals surface area contributed by atoms with Crippen molar-refractivity contribution in [2.24, 2.45) is 0 Å². The molecule has 0 aliphatic heterocycles. The van der Waals surface area contributed by atoms with Gasteiger partial charge in [0.25, 0.3) is 5.91 Å². The molecule has 9 heteroatoms. The molecule has 0 bridgehead atoms. The number of rotatable bonds is 11. The van der Waals surface area contributed by atoms with Crippen LogP contribution >= 0.6 is 11.8 Å². The third kappa shape index (κ3) is 5.41. The van der Waals surface area contributed by atoms with Gasteiger partial charge in [0.15, 0.2) is 28.2 Å². The van der Waals surface area contributed by atoms with Crippen molar-refractivity contribution in [2.75, 3.05) is 19.5 Å². The number of carbonyl (C=O) groups is 1. The van der Waals surface area contributed by atoms with Gasteiger partial charge in [0.2, 0.25) is 0 Å². The molecular formula is C20H22N4O4S. The molecule has 0 saturated carbocycles. The van der Waals surface area contributed by atoms with E-state index in [0.29, 0.717) is 36.2 Å². The summed E-state index contributed by atoms with van der Waals surface area (Å²) in [6, 6.07) is 10.8. The minimum atomic E-state index is -0.303. The summed E-state index contributed by atoms with van der Waals surface area (Å²) in [5, 5.41) is 11.9. The lowest BCUT2D eigenvalue weighted by atomic mass is 10.3. The summed E-state index contributed by atoms with van der Waals surface area (Å²) in [7, 11) is 1.61. The lowest BCUT2D eigenvalue weighted by molar-refractivity contribution is 0.0921. The molecule has 2 aromatic heterocycles. The molecule has 0 aliphatic rings. The van der Waals surface area contributed by atoms with E-state index in [0.717, 1.165) is 5.16 Å². The number of allylic oxidation sites excluding steroid dienone is 1. The summed E-state index contributed by atoms with van der Waals surface area (Å²) >= 11 is 1.52. The van der Waals surface area contributed by atoms with Crippen molar-refractivity contribution in [2.45, 2.75) is 18.2 Å². The third-order valence-corrected chi connectivity index (χ3v) is 4.83. The number of nitrogens with zero attached hydrogens (tertiary/aromatic N) is 3. The van der Waals surface area contributed by atoms with Crippen molar-refractivity contribution < 1.29 is 18.7 Å². The summed E-state index contributed by atoms with van der Waals surface area (Å²) in [6.45, 7) is 5.04. The third-order valence-electron chi connectivity index (χ3n) is 3.90. The second kappa shape index (κ2) is 10.4. The Morgan fingerprint density at radius 3 is 2.83 bits per heavy atom. The number of hydrogen-bond acceptors (Lipinski definition) is 7. The second-order valence-corrected chi connectivity index (χ2v) is 6.87. The Kier molecular flexibility index (Phi) is 7.34. The maximum Gasteiger partial charge on any atom is 0.287 e. The van der Waals surface area contributed by atoms with Crippen LogP contribution in [0.2, 0.25) is 0 Å². The number of hydrogen-bond donors (Lipinski definition) is 1. The van der Waals surface area contributed by atoms with E-state index in [2.05, 4.69) is 22.1 Å². The van der Waals surface area contributed by atoms with E-state index < -0.39 is 0 Å². The normalized spacial score (nSPS) is 10.5. The van der Waals surface area contributed by atoms with Gasteiger partial charge in [0.05, 0.1) is 26.5 Å². The summed E-state index contributed by atoms with van der Waals surface area (Å²) < 4.78 is 18.1. The Labute approximate surface area is 172 Å². The largest absolute Gasteiger partial charge is 0.493 e. The number of ether oxygens (including phenoxy) is 2. The number of para-hydroxylation sites is 2. The highest BCUT2D eigenvalue weighted by molar-refractivity contribution is 7.99. The fourth-order valence-corrected chi connectivity index (χ4v) is 3.33. The number of benzene rings is 1. The molecule has 152 valence electrons. The summed E-state index contributed by atoms with van der Waals surface area (Å²) in [5.74, 6) is 2.65. The van der Waals surface area contributed by atoms with Crippen LogP contribution in [0, 0.1) is 0 Å². The molecule has 0 unspecified atom stereocenters. The van der Waals surface area contributed by atoms with Crippen molar-refractivity contribution >= 4 is 17.7 Å². The molecule has 1 N–H and O–H groups in total. The highest BCUT2D eigenvalue weighted by atomic mass is 32.2. The molecule has 0 atom stereocenters. The molecule has 29 heavy (non-hydrogen) atoms. The predicted molar refractivity (Wildman–Crippen MR) is 109 cm³/mol. The minimum Gasteiger partial charge on any atom is -0.493 e. The zero-order valence-corrected chi connectivity index (χ0v) is 16.9. The van der Waals surface area contributed by atoms with Crippen LogP contribution in [0.15, 0.2) is 64.9 Å². The van der Waals surface area contributed by atoms with Crippen molar-refractivity contribution in [3.8, 4) is 11.5 Å². The number of carbonyl (C=O) groups excluding carboxylic acids is 1. The Morgan fingerprint density at radius 1 is 1.28 bits per heavy atom. The topological polar surface area (TPSA) is 91.4 Å². The lowest BCUT2D eigenvalue weighted by Crippen LogP contribution is -2.24. The van der Waals surface area contributed by atoms with Crippen LogP contribution in [-0.4, -0.2) is 40.1 Å². The Bertz CT molecular complexity index is 940. The Hall–Kier alpha value is -3.20. The number of methoxy groups -OCH3 is 1. The van der Waals surface area contributed by atoms with E-state index in [4.69, 9.17) is 13.9 Å². The molecule has 2 heterocycles. The molecule has 0 aliphatic carbocycles. The van der Waals surface area contributed by atoms with Crippen LogP contribution in [0.4, 0.5) is 0 Å². The Balaban J connectivity index is 1.55. The molecule has 0 fully saturated rings. The van der Waals surface area contributed by atoms with Crippen LogP contribution in [0.25, 0.3) is 0 Å². The highest BCUT2D eigenvalue weighted by Gasteiger charge is 2.14. The molecule has 3 aromatic rings. The van der Waals surface area contributed by atoms with Crippen molar-refractivity contribution in [3.63, 3.8) is 0 Å². The van der Waals surface area contributed by atoms with Gasteiger partial charge in [-0.3, -0.25) is 4.79 Å². The van der Waals surface area contributed by atoms with E-state index in [-0.39, 0.29) is 18.2 Å². The van der Waals surface area contributed by atoms with Gasteiger partial charge in [-0.25, -0.2) is 0 Å². The first kappa shape index (κ1) is 20.5. The van der Waals surface area contributed by atoms with E-state index in [1.54, 1.807) is 25.3 Å². The number of thioether (sulfide) groups is 1. The fraction of sp³-hybridized carbons (Fsp3) is 0.250. The van der Waals surface area contributed by atoms with Gasteiger partial charge in [-0.05, 0) is 24.3 Å². The van der Waals surface area contributed by atoms with Crippen LogP contribution in [-0.2, 0) is 13.1 Å². The average Bonchev–Trinajstić information content (AvgIpc) is 3.41. The molecule has 8 nitrogen and oxygen atoms in total. The van der Waals surface area contributed by atoms with Crippen LogP contribution in [0.1, 0.15) is 16.4 Å². The van der Waals surface area contributed by atoms with Crippen LogP contribution < -0.4 is 14.8 Å². The van der Waals surface area contributed by atoms with Gasteiger partial charge in [0, 0.05) is 12.3 Å². The monoisotopic (exact) mass is 414 g/mol. The average molecular weight is 414 g/mol. The molecule has 0 saturated heterocycles. The number of nitrogens with one attached hydrogen (secondary N) is 1.